The number of hydrogen-bond donors (Lipinski definition) is 2. The molecule has 1 aliphatic carbocycles. The van der Waals surface area contributed by atoms with Gasteiger partial charge < -0.3 is 10.6 Å². The fourth-order valence-corrected chi connectivity index (χ4v) is 3.60. The van der Waals surface area contributed by atoms with Gasteiger partial charge in [0.1, 0.15) is 0 Å². The third kappa shape index (κ3) is 4.98. The molecule has 2 amide bonds. The Morgan fingerprint density at radius 1 is 0.929 bits per heavy atom. The molecule has 144 valence electrons. The molecule has 0 heterocycles. The van der Waals surface area contributed by atoms with E-state index in [0.717, 1.165) is 12.1 Å². The second kappa shape index (κ2) is 9.18. The minimum absolute atomic E-state index is 0.0322. The number of carbonyl (C=O) groups excluding carboxylic acids is 2. The normalized spacial score (nSPS) is 18.7. The van der Waals surface area contributed by atoms with Gasteiger partial charge in [0.15, 0.2) is 0 Å². The molecule has 1 saturated carbocycles. The van der Waals surface area contributed by atoms with E-state index in [4.69, 9.17) is 5.26 Å². The molecule has 2 aromatic carbocycles. The molecule has 28 heavy (non-hydrogen) atoms. The van der Waals surface area contributed by atoms with Crippen LogP contribution in [0.4, 0.5) is 11.4 Å². The molecule has 0 atom stereocenters. The number of aryl methyl sites for hydroxylation is 1. The second-order valence-corrected chi connectivity index (χ2v) is 7.27. The lowest BCUT2D eigenvalue weighted by molar-refractivity contribution is -0.125. The Bertz CT molecular complexity index is 875. The zero-order valence-electron chi connectivity index (χ0n) is 16.1. The van der Waals surface area contributed by atoms with Crippen LogP contribution in [0, 0.1) is 23.2 Å². The molecule has 0 spiro atoms. The van der Waals surface area contributed by atoms with Crippen molar-refractivity contribution in [2.45, 2.75) is 39.0 Å². The van der Waals surface area contributed by atoms with E-state index in [0.29, 0.717) is 36.9 Å². The van der Waals surface area contributed by atoms with Gasteiger partial charge in [0.2, 0.25) is 11.8 Å². The molecule has 2 aromatic rings. The van der Waals surface area contributed by atoms with E-state index in [1.807, 2.05) is 24.3 Å². The van der Waals surface area contributed by atoms with Gasteiger partial charge in [-0.3, -0.25) is 9.59 Å². The van der Waals surface area contributed by atoms with Crippen LogP contribution >= 0.6 is 0 Å². The van der Waals surface area contributed by atoms with Gasteiger partial charge in [-0.15, -0.1) is 0 Å². The van der Waals surface area contributed by atoms with Crippen molar-refractivity contribution in [1.82, 2.24) is 0 Å². The lowest BCUT2D eigenvalue weighted by Crippen LogP contribution is -2.32. The fourth-order valence-electron chi connectivity index (χ4n) is 3.60. The number of benzene rings is 2. The van der Waals surface area contributed by atoms with Crippen LogP contribution in [0.1, 0.15) is 43.7 Å². The third-order valence-electron chi connectivity index (χ3n) is 5.36. The maximum atomic E-state index is 12.5. The van der Waals surface area contributed by atoms with Gasteiger partial charge in [-0.1, -0.05) is 25.1 Å². The molecule has 1 aliphatic rings. The highest BCUT2D eigenvalue weighted by Gasteiger charge is 2.30. The Kier molecular flexibility index (Phi) is 6.44. The summed E-state index contributed by atoms with van der Waals surface area (Å²) in [4.78, 5) is 25.0. The van der Waals surface area contributed by atoms with E-state index in [9.17, 15) is 9.59 Å². The fraction of sp³-hybridized carbons (Fsp3) is 0.348. The van der Waals surface area contributed by atoms with E-state index in [1.165, 1.54) is 5.56 Å². The van der Waals surface area contributed by atoms with Crippen LogP contribution in [0.2, 0.25) is 0 Å². The van der Waals surface area contributed by atoms with Crippen LogP contribution in [0.25, 0.3) is 0 Å². The Balaban J connectivity index is 1.49. The summed E-state index contributed by atoms with van der Waals surface area (Å²) in [5.74, 6) is -0.163. The van der Waals surface area contributed by atoms with Crippen LogP contribution in [0.3, 0.4) is 0 Å². The molecule has 0 radical (unpaired) electrons. The predicted molar refractivity (Wildman–Crippen MR) is 110 cm³/mol. The smallest absolute Gasteiger partial charge is 0.227 e. The van der Waals surface area contributed by atoms with Crippen molar-refractivity contribution < 1.29 is 9.59 Å². The lowest BCUT2D eigenvalue weighted by Gasteiger charge is -2.27. The third-order valence-corrected chi connectivity index (χ3v) is 5.36. The molecular formula is C23H25N3O2. The van der Waals surface area contributed by atoms with Gasteiger partial charge in [-0.25, -0.2) is 0 Å². The minimum atomic E-state index is -0.0985. The molecule has 0 unspecified atom stereocenters. The van der Waals surface area contributed by atoms with Crippen LogP contribution in [0.15, 0.2) is 48.5 Å². The maximum Gasteiger partial charge on any atom is 0.227 e. The van der Waals surface area contributed by atoms with E-state index in [1.54, 1.807) is 24.3 Å². The van der Waals surface area contributed by atoms with Crippen molar-refractivity contribution >= 4 is 23.2 Å². The summed E-state index contributed by atoms with van der Waals surface area (Å²) in [6.45, 7) is 2.10. The average molecular weight is 375 g/mol. The van der Waals surface area contributed by atoms with E-state index < -0.39 is 0 Å². The number of nitrogens with one attached hydrogen (secondary N) is 2. The van der Waals surface area contributed by atoms with Crippen molar-refractivity contribution in [3.63, 3.8) is 0 Å². The van der Waals surface area contributed by atoms with Gasteiger partial charge in [0.05, 0.1) is 11.6 Å². The topological polar surface area (TPSA) is 82.0 Å². The zero-order chi connectivity index (χ0) is 19.9. The van der Waals surface area contributed by atoms with Crippen molar-refractivity contribution in [3.8, 4) is 6.07 Å². The zero-order valence-corrected chi connectivity index (χ0v) is 16.1. The number of nitriles is 1. The van der Waals surface area contributed by atoms with E-state index in [2.05, 4.69) is 23.6 Å². The first-order valence-electron chi connectivity index (χ1n) is 9.80. The Morgan fingerprint density at radius 2 is 1.50 bits per heavy atom. The number of hydrogen-bond acceptors (Lipinski definition) is 3. The molecule has 3 rings (SSSR count). The predicted octanol–water partition coefficient (Wildman–Crippen LogP) is 4.50. The summed E-state index contributed by atoms with van der Waals surface area (Å²) in [6, 6.07) is 16.9. The molecule has 5 nitrogen and oxygen atoms in total. The van der Waals surface area contributed by atoms with Crippen LogP contribution in [-0.4, -0.2) is 11.8 Å². The quantitative estimate of drug-likeness (QED) is 0.807. The summed E-state index contributed by atoms with van der Waals surface area (Å²) >= 11 is 0. The van der Waals surface area contributed by atoms with Crippen molar-refractivity contribution in [2.75, 3.05) is 10.6 Å². The molecule has 0 aromatic heterocycles. The van der Waals surface area contributed by atoms with Gasteiger partial charge >= 0.3 is 0 Å². The van der Waals surface area contributed by atoms with Gasteiger partial charge in [-0.05, 0) is 68.0 Å². The summed E-state index contributed by atoms with van der Waals surface area (Å²) in [5, 5.41) is 14.8. The summed E-state index contributed by atoms with van der Waals surface area (Å²) in [5.41, 5.74) is 3.22. The lowest BCUT2D eigenvalue weighted by atomic mass is 9.81. The molecular weight excluding hydrogens is 350 g/mol. The Hall–Kier alpha value is -3.13. The Labute approximate surface area is 165 Å². The van der Waals surface area contributed by atoms with Crippen LogP contribution < -0.4 is 10.6 Å². The van der Waals surface area contributed by atoms with Crippen LogP contribution in [0.5, 0.6) is 0 Å². The van der Waals surface area contributed by atoms with Crippen LogP contribution in [-0.2, 0) is 16.0 Å². The highest BCUT2D eigenvalue weighted by atomic mass is 16.2. The van der Waals surface area contributed by atoms with Gasteiger partial charge in [0, 0.05) is 23.2 Å². The standard InChI is InChI=1S/C23H25N3O2/c1-2-16-6-12-20(13-7-16)25-22(27)18-8-10-19(11-9-18)23(28)26-21-5-3-4-17(14-21)15-24/h3-7,12-14,18-19H,2,8-11H2,1H3,(H,25,27)(H,26,28). The van der Waals surface area contributed by atoms with Gasteiger partial charge in [-0.2, -0.15) is 5.26 Å². The maximum absolute atomic E-state index is 12.5. The first-order valence-corrected chi connectivity index (χ1v) is 9.80. The number of rotatable bonds is 5. The van der Waals surface area contributed by atoms with Crippen molar-refractivity contribution in [3.05, 3.63) is 59.7 Å². The number of nitrogens with zero attached hydrogens (tertiary/aromatic N) is 1. The number of anilines is 2. The number of carbonyl (C=O) groups is 2. The van der Waals surface area contributed by atoms with Crippen molar-refractivity contribution in [2.24, 2.45) is 11.8 Å². The van der Waals surface area contributed by atoms with Crippen molar-refractivity contribution in [1.29, 1.82) is 5.26 Å². The highest BCUT2D eigenvalue weighted by molar-refractivity contribution is 5.94. The molecule has 0 saturated heterocycles. The molecule has 0 bridgehead atoms. The van der Waals surface area contributed by atoms with E-state index >= 15 is 0 Å². The molecule has 2 N–H and O–H groups in total. The van der Waals surface area contributed by atoms with Gasteiger partial charge in [0.25, 0.3) is 0 Å². The molecule has 1 fully saturated rings. The second-order valence-electron chi connectivity index (χ2n) is 7.27. The van der Waals surface area contributed by atoms with E-state index in [-0.39, 0.29) is 23.7 Å². The SMILES string of the molecule is CCc1ccc(NC(=O)C2CCC(C(=O)Nc3cccc(C#N)c3)CC2)cc1. The Morgan fingerprint density at radius 3 is 2.04 bits per heavy atom. The summed E-state index contributed by atoms with van der Waals surface area (Å²) in [6.07, 6.45) is 3.76. The minimum Gasteiger partial charge on any atom is -0.326 e. The highest BCUT2D eigenvalue weighted by Crippen LogP contribution is 2.30. The summed E-state index contributed by atoms with van der Waals surface area (Å²) in [7, 11) is 0. The first kappa shape index (κ1) is 19.6. The average Bonchev–Trinajstić information content (AvgIpc) is 2.74. The molecule has 0 aliphatic heterocycles. The largest absolute Gasteiger partial charge is 0.326 e. The number of amides is 2. The first-order chi connectivity index (χ1) is 13.6. The monoisotopic (exact) mass is 375 g/mol. The summed E-state index contributed by atoms with van der Waals surface area (Å²) < 4.78 is 0. The molecule has 5 heteroatoms.